The molecule has 0 aliphatic heterocycles. The predicted molar refractivity (Wildman–Crippen MR) is 114 cm³/mol. The lowest BCUT2D eigenvalue weighted by Crippen LogP contribution is -2.26. The first-order chi connectivity index (χ1) is 13.8. The van der Waals surface area contributed by atoms with Gasteiger partial charge in [-0.2, -0.15) is 0 Å². The largest absolute Gasteiger partial charge is 0.480 e. The van der Waals surface area contributed by atoms with Crippen molar-refractivity contribution in [2.24, 2.45) is 0 Å². The van der Waals surface area contributed by atoms with Gasteiger partial charge in [0.05, 0.1) is 5.69 Å². The van der Waals surface area contributed by atoms with Crippen molar-refractivity contribution in [2.45, 2.75) is 32.1 Å². The highest BCUT2D eigenvalue weighted by molar-refractivity contribution is 6.30. The minimum atomic E-state index is -1.03. The van der Waals surface area contributed by atoms with Crippen LogP contribution in [0.15, 0.2) is 36.5 Å². The van der Waals surface area contributed by atoms with Gasteiger partial charge >= 0.3 is 5.97 Å². The molecule has 1 aromatic heterocycles. The number of nitrogens with zero attached hydrogens (tertiary/aromatic N) is 2. The van der Waals surface area contributed by atoms with Crippen LogP contribution in [0.4, 0.5) is 0 Å². The van der Waals surface area contributed by atoms with Crippen LogP contribution in [0, 0.1) is 0 Å². The number of nitrogens with one attached hydrogen (secondary N) is 1. The van der Waals surface area contributed by atoms with Gasteiger partial charge in [0.1, 0.15) is 6.54 Å². The van der Waals surface area contributed by atoms with Gasteiger partial charge in [0, 0.05) is 24.1 Å². The second-order valence-corrected chi connectivity index (χ2v) is 7.78. The number of fused-ring (bicyclic) bond motifs is 2. The SMILES string of the molecule is CC(=O)NCC(=O)O.CN(C)CC[C@H]1c2ccc(Cl)cc2CCc2cccnc21. The molecule has 6 nitrogen and oxygen atoms in total. The van der Waals surface area contributed by atoms with Gasteiger partial charge in [0.15, 0.2) is 0 Å². The number of carboxylic acid groups (broad SMARTS) is 1. The van der Waals surface area contributed by atoms with Crippen molar-refractivity contribution in [1.29, 1.82) is 0 Å². The molecule has 1 atom stereocenters. The third-order valence-corrected chi connectivity index (χ3v) is 4.99. The zero-order valence-electron chi connectivity index (χ0n) is 17.1. The monoisotopic (exact) mass is 417 g/mol. The van der Waals surface area contributed by atoms with E-state index < -0.39 is 5.97 Å². The molecule has 2 aromatic rings. The number of carbonyl (C=O) groups is 2. The first-order valence-electron chi connectivity index (χ1n) is 9.61. The fraction of sp³-hybridized carbons (Fsp3) is 0.409. The average Bonchev–Trinajstić information content (AvgIpc) is 2.82. The van der Waals surface area contributed by atoms with Gasteiger partial charge in [0.25, 0.3) is 0 Å². The minimum absolute atomic E-state index is 0.296. The van der Waals surface area contributed by atoms with Crippen LogP contribution in [0.3, 0.4) is 0 Å². The Morgan fingerprint density at radius 3 is 2.59 bits per heavy atom. The molecule has 0 radical (unpaired) electrons. The topological polar surface area (TPSA) is 82.5 Å². The number of halogens is 1. The van der Waals surface area contributed by atoms with Gasteiger partial charge in [-0.15, -0.1) is 0 Å². The Bertz CT molecular complexity index is 841. The van der Waals surface area contributed by atoms with Crippen molar-refractivity contribution in [3.05, 3.63) is 63.9 Å². The summed E-state index contributed by atoms with van der Waals surface area (Å²) < 4.78 is 0. The van der Waals surface area contributed by atoms with Crippen molar-refractivity contribution in [2.75, 3.05) is 27.2 Å². The number of amides is 1. The minimum Gasteiger partial charge on any atom is -0.480 e. The second-order valence-electron chi connectivity index (χ2n) is 7.34. The zero-order valence-corrected chi connectivity index (χ0v) is 17.9. The Morgan fingerprint density at radius 2 is 1.97 bits per heavy atom. The third-order valence-electron chi connectivity index (χ3n) is 4.75. The molecule has 1 heterocycles. The molecule has 0 bridgehead atoms. The highest BCUT2D eigenvalue weighted by atomic mass is 35.5. The number of aryl methyl sites for hydroxylation is 2. The molecule has 0 fully saturated rings. The number of carboxylic acids is 1. The van der Waals surface area contributed by atoms with E-state index >= 15 is 0 Å². The molecular formula is C22H28ClN3O3. The second kappa shape index (κ2) is 10.9. The Morgan fingerprint density at radius 1 is 1.24 bits per heavy atom. The van der Waals surface area contributed by atoms with Crippen molar-refractivity contribution < 1.29 is 14.7 Å². The Balaban J connectivity index is 0.000000321. The molecule has 156 valence electrons. The van der Waals surface area contributed by atoms with E-state index in [0.29, 0.717) is 5.92 Å². The Labute approximate surface area is 176 Å². The average molecular weight is 418 g/mol. The summed E-state index contributed by atoms with van der Waals surface area (Å²) in [5.74, 6) is -0.981. The quantitative estimate of drug-likeness (QED) is 0.781. The van der Waals surface area contributed by atoms with Gasteiger partial charge in [-0.3, -0.25) is 14.6 Å². The molecule has 3 rings (SSSR count). The molecule has 0 unspecified atom stereocenters. The molecule has 0 saturated heterocycles. The molecular weight excluding hydrogens is 390 g/mol. The van der Waals surface area contributed by atoms with Crippen molar-refractivity contribution in [3.8, 4) is 0 Å². The maximum Gasteiger partial charge on any atom is 0.322 e. The lowest BCUT2D eigenvalue weighted by Gasteiger charge is -2.21. The summed E-state index contributed by atoms with van der Waals surface area (Å²) in [6.45, 7) is 2.03. The van der Waals surface area contributed by atoms with Crippen molar-refractivity contribution in [3.63, 3.8) is 0 Å². The van der Waals surface area contributed by atoms with E-state index in [1.807, 2.05) is 18.3 Å². The number of benzene rings is 1. The number of hydrogen-bond donors (Lipinski definition) is 2. The number of hydrogen-bond acceptors (Lipinski definition) is 4. The van der Waals surface area contributed by atoms with E-state index in [2.05, 4.69) is 42.5 Å². The van der Waals surface area contributed by atoms with E-state index in [-0.39, 0.29) is 12.5 Å². The fourth-order valence-corrected chi connectivity index (χ4v) is 3.60. The smallest absolute Gasteiger partial charge is 0.322 e. The van der Waals surface area contributed by atoms with E-state index in [1.54, 1.807) is 0 Å². The Kier molecular flexibility index (Phi) is 8.61. The summed E-state index contributed by atoms with van der Waals surface area (Å²) in [6, 6.07) is 10.6. The van der Waals surface area contributed by atoms with Gasteiger partial charge < -0.3 is 15.3 Å². The number of carbonyl (C=O) groups excluding carboxylic acids is 1. The summed E-state index contributed by atoms with van der Waals surface area (Å²) in [5, 5.41) is 10.9. The number of aromatic nitrogens is 1. The van der Waals surface area contributed by atoms with Crippen LogP contribution in [0.5, 0.6) is 0 Å². The van der Waals surface area contributed by atoms with Gasteiger partial charge in [-0.25, -0.2) is 0 Å². The van der Waals surface area contributed by atoms with Crippen LogP contribution in [-0.4, -0.2) is 54.1 Å². The van der Waals surface area contributed by atoms with Crippen LogP contribution in [0.25, 0.3) is 0 Å². The molecule has 0 saturated carbocycles. The molecule has 1 amide bonds. The molecule has 2 N–H and O–H groups in total. The van der Waals surface area contributed by atoms with Crippen LogP contribution in [0.2, 0.25) is 5.02 Å². The van der Waals surface area contributed by atoms with Gasteiger partial charge in [-0.05, 0) is 74.8 Å². The number of rotatable bonds is 5. The van der Waals surface area contributed by atoms with Gasteiger partial charge in [-0.1, -0.05) is 23.7 Å². The molecule has 1 aliphatic rings. The molecule has 1 aromatic carbocycles. The van der Waals surface area contributed by atoms with Crippen LogP contribution in [0.1, 0.15) is 41.6 Å². The normalized spacial score (nSPS) is 14.7. The molecule has 0 spiro atoms. The van der Waals surface area contributed by atoms with Crippen LogP contribution in [-0.2, 0) is 22.4 Å². The number of pyridine rings is 1. The number of aliphatic carboxylic acids is 1. The maximum atomic E-state index is 9.97. The summed E-state index contributed by atoms with van der Waals surface area (Å²) in [6.07, 6.45) is 5.11. The van der Waals surface area contributed by atoms with Crippen molar-refractivity contribution in [1.82, 2.24) is 15.2 Å². The predicted octanol–water partition coefficient (Wildman–Crippen LogP) is 3.12. The van der Waals surface area contributed by atoms with Gasteiger partial charge in [0.2, 0.25) is 5.91 Å². The highest BCUT2D eigenvalue weighted by Crippen LogP contribution is 2.36. The van der Waals surface area contributed by atoms with E-state index in [4.69, 9.17) is 21.7 Å². The lowest BCUT2D eigenvalue weighted by molar-refractivity contribution is -0.137. The summed E-state index contributed by atoms with van der Waals surface area (Å²) in [5.41, 5.74) is 5.41. The fourth-order valence-electron chi connectivity index (χ4n) is 3.40. The van der Waals surface area contributed by atoms with E-state index in [9.17, 15) is 9.59 Å². The van der Waals surface area contributed by atoms with E-state index in [0.717, 1.165) is 30.8 Å². The lowest BCUT2D eigenvalue weighted by atomic mass is 9.89. The zero-order chi connectivity index (χ0) is 21.4. The summed E-state index contributed by atoms with van der Waals surface area (Å²) in [4.78, 5) is 26.6. The van der Waals surface area contributed by atoms with Crippen LogP contribution >= 0.6 is 11.6 Å². The molecule has 7 heteroatoms. The molecule has 1 aliphatic carbocycles. The highest BCUT2D eigenvalue weighted by Gasteiger charge is 2.24. The first kappa shape index (κ1) is 22.8. The maximum absolute atomic E-state index is 9.97. The van der Waals surface area contributed by atoms with Crippen LogP contribution < -0.4 is 5.32 Å². The first-order valence-corrected chi connectivity index (χ1v) is 9.98. The summed E-state index contributed by atoms with van der Waals surface area (Å²) in [7, 11) is 4.25. The Hall–Kier alpha value is -2.44. The third kappa shape index (κ3) is 7.15. The van der Waals surface area contributed by atoms with Crippen molar-refractivity contribution >= 4 is 23.5 Å². The summed E-state index contributed by atoms with van der Waals surface area (Å²) >= 11 is 6.19. The standard InChI is InChI=1S/C18H21ClN2.C4H7NO3/c1-21(2)11-9-17-16-8-7-15(19)12-14(16)6-5-13-4-3-10-20-18(13)17;1-3(6)5-2-4(7)8/h3-4,7-8,10,12,17H,5-6,9,11H2,1-2H3;2H2,1H3,(H,5,6)(H,7,8)/t17-;/m0./s1. The molecule has 29 heavy (non-hydrogen) atoms. The van der Waals surface area contributed by atoms with E-state index in [1.165, 1.54) is 29.3 Å².